The Bertz CT molecular complexity index is 1060. The summed E-state index contributed by atoms with van der Waals surface area (Å²) in [7, 11) is 1.51. The van der Waals surface area contributed by atoms with Crippen LogP contribution in [0.25, 0.3) is 0 Å². The lowest BCUT2D eigenvalue weighted by molar-refractivity contribution is -0.144. The molecule has 2 aliphatic rings. The quantitative estimate of drug-likeness (QED) is 0.230. The number of benzene rings is 1. The first-order valence-electron chi connectivity index (χ1n) is 12.3. The summed E-state index contributed by atoms with van der Waals surface area (Å²) in [6.07, 6.45) is 6.64. The fourth-order valence-electron chi connectivity index (χ4n) is 4.60. The highest BCUT2D eigenvalue weighted by Gasteiger charge is 2.36. The fourth-order valence-corrected chi connectivity index (χ4v) is 4.74. The van der Waals surface area contributed by atoms with Gasteiger partial charge in [-0.05, 0) is 58.2 Å². The van der Waals surface area contributed by atoms with Crippen molar-refractivity contribution >= 4 is 58.3 Å². The number of nitrogens with zero attached hydrogens (tertiary/aromatic N) is 1. The Hall–Kier alpha value is -2.00. The Morgan fingerprint density at radius 3 is 2.51 bits per heavy atom. The molecule has 0 aromatic heterocycles. The molecule has 1 aromatic carbocycles. The van der Waals surface area contributed by atoms with Crippen molar-refractivity contribution in [2.75, 3.05) is 38.7 Å². The largest absolute Gasteiger partial charge is 0.496 e. The molecule has 0 bridgehead atoms. The zero-order valence-electron chi connectivity index (χ0n) is 21.4. The van der Waals surface area contributed by atoms with E-state index in [0.717, 1.165) is 30.8 Å². The molecular weight excluding hydrogens is 543 g/mol. The van der Waals surface area contributed by atoms with Crippen molar-refractivity contribution in [2.45, 2.75) is 62.8 Å². The van der Waals surface area contributed by atoms with E-state index in [0.29, 0.717) is 36.3 Å². The number of ether oxygens (including phenoxy) is 3. The molecule has 8 nitrogen and oxygen atoms in total. The summed E-state index contributed by atoms with van der Waals surface area (Å²) in [5.41, 5.74) is 3.24. The summed E-state index contributed by atoms with van der Waals surface area (Å²) < 4.78 is 14.0. The van der Waals surface area contributed by atoms with Gasteiger partial charge in [0.15, 0.2) is 0 Å². The summed E-state index contributed by atoms with van der Waals surface area (Å²) in [4.78, 5) is 39.6. The van der Waals surface area contributed by atoms with E-state index in [9.17, 15) is 14.4 Å². The fraction of sp³-hybridized carbons (Fsp3) is 0.577. The van der Waals surface area contributed by atoms with Crippen LogP contribution in [0.5, 0.6) is 5.75 Å². The highest BCUT2D eigenvalue weighted by molar-refractivity contribution is 6.76. The van der Waals surface area contributed by atoms with Crippen molar-refractivity contribution in [2.24, 2.45) is 0 Å². The Morgan fingerprint density at radius 1 is 1.16 bits per heavy atom. The number of halogens is 3. The van der Waals surface area contributed by atoms with Crippen LogP contribution in [0.3, 0.4) is 0 Å². The van der Waals surface area contributed by atoms with Gasteiger partial charge in [0, 0.05) is 24.1 Å². The number of likely N-dealkylation sites (tertiary alicyclic amines) is 1. The number of nitrogens with one attached hydrogen (secondary N) is 1. The van der Waals surface area contributed by atoms with Crippen LogP contribution >= 0.6 is 34.8 Å². The van der Waals surface area contributed by atoms with Crippen LogP contribution in [0.4, 0.5) is 5.69 Å². The molecule has 0 spiro atoms. The number of cyclic esters (lactones) is 1. The number of esters is 2. The zero-order chi connectivity index (χ0) is 27.2. The van der Waals surface area contributed by atoms with Crippen molar-refractivity contribution in [3.63, 3.8) is 0 Å². The van der Waals surface area contributed by atoms with Gasteiger partial charge in [0.05, 0.1) is 18.4 Å². The van der Waals surface area contributed by atoms with Gasteiger partial charge >= 0.3 is 11.9 Å². The molecule has 1 N–H and O–H groups in total. The second-order valence-corrected chi connectivity index (χ2v) is 11.6. The smallest absolute Gasteiger partial charge is 0.341 e. The lowest BCUT2D eigenvalue weighted by Crippen LogP contribution is -2.33. The zero-order valence-corrected chi connectivity index (χ0v) is 23.7. The lowest BCUT2D eigenvalue weighted by Gasteiger charge is -2.25. The predicted octanol–water partition coefficient (Wildman–Crippen LogP) is 5.28. The van der Waals surface area contributed by atoms with E-state index in [-0.39, 0.29) is 30.2 Å². The van der Waals surface area contributed by atoms with Gasteiger partial charge in [-0.3, -0.25) is 14.5 Å². The normalized spacial score (nSPS) is 16.3. The summed E-state index contributed by atoms with van der Waals surface area (Å²) in [6.45, 7) is 7.07. The summed E-state index contributed by atoms with van der Waals surface area (Å²) >= 11 is 17.3. The number of hydrogen-bond acceptors (Lipinski definition) is 7. The maximum atomic E-state index is 12.5. The van der Waals surface area contributed by atoms with Gasteiger partial charge in [0.2, 0.25) is 0 Å². The highest BCUT2D eigenvalue weighted by atomic mass is 35.6. The molecule has 0 atom stereocenters. The molecule has 3 rings (SSSR count). The predicted molar refractivity (Wildman–Crippen MR) is 144 cm³/mol. The van der Waals surface area contributed by atoms with Crippen molar-refractivity contribution in [3.8, 4) is 5.75 Å². The first kappa shape index (κ1) is 29.6. The molecule has 37 heavy (non-hydrogen) atoms. The number of anilines is 1. The second-order valence-electron chi connectivity index (χ2n) is 9.27. The number of rotatable bonds is 10. The number of piperidine rings is 1. The Kier molecular flexibility index (Phi) is 10.5. The van der Waals surface area contributed by atoms with Gasteiger partial charge in [-0.15, -0.1) is 0 Å². The van der Waals surface area contributed by atoms with Crippen molar-refractivity contribution in [1.29, 1.82) is 0 Å². The molecule has 2 heterocycles. The summed E-state index contributed by atoms with van der Waals surface area (Å²) in [5.74, 6) is -1.22. The van der Waals surface area contributed by atoms with Crippen LogP contribution in [-0.4, -0.2) is 59.9 Å². The van der Waals surface area contributed by atoms with Gasteiger partial charge in [0.1, 0.15) is 19.0 Å². The van der Waals surface area contributed by atoms with E-state index in [1.54, 1.807) is 0 Å². The van der Waals surface area contributed by atoms with E-state index < -0.39 is 15.7 Å². The number of fused-ring (bicyclic) bond motifs is 1. The van der Waals surface area contributed by atoms with Crippen molar-refractivity contribution in [3.05, 3.63) is 33.9 Å². The van der Waals surface area contributed by atoms with E-state index >= 15 is 0 Å². The van der Waals surface area contributed by atoms with Gasteiger partial charge in [0.25, 0.3) is 9.70 Å². The van der Waals surface area contributed by atoms with Crippen LogP contribution in [-0.2, 0) is 32.1 Å². The molecule has 1 amide bonds. The summed E-state index contributed by atoms with van der Waals surface area (Å²) in [6, 6.07) is 0. The molecule has 204 valence electrons. The molecule has 1 fully saturated rings. The average molecular weight is 576 g/mol. The van der Waals surface area contributed by atoms with Crippen LogP contribution in [0, 0.1) is 6.92 Å². The number of carbonyl (C=O) groups is 3. The first-order chi connectivity index (χ1) is 17.5. The molecule has 0 saturated carbocycles. The average Bonchev–Trinajstić information content (AvgIpc) is 3.25. The highest BCUT2D eigenvalue weighted by Crippen LogP contribution is 2.42. The number of alkyl halides is 3. The molecule has 11 heteroatoms. The minimum atomic E-state index is -2.23. The lowest BCUT2D eigenvalue weighted by atomic mass is 9.93. The Labute approximate surface area is 232 Å². The third-order valence-electron chi connectivity index (χ3n) is 6.67. The van der Waals surface area contributed by atoms with Gasteiger partial charge < -0.3 is 19.5 Å². The van der Waals surface area contributed by atoms with Crippen LogP contribution < -0.4 is 10.1 Å². The maximum absolute atomic E-state index is 12.5. The monoisotopic (exact) mass is 574 g/mol. The molecule has 2 aliphatic heterocycles. The topological polar surface area (TPSA) is 94.2 Å². The molecule has 0 radical (unpaired) electrons. The van der Waals surface area contributed by atoms with E-state index in [2.05, 4.69) is 10.2 Å². The van der Waals surface area contributed by atoms with Gasteiger partial charge in [-0.25, -0.2) is 4.79 Å². The number of allylic oxidation sites excluding steroid dienone is 2. The van der Waals surface area contributed by atoms with Gasteiger partial charge in [-0.2, -0.15) is 0 Å². The third-order valence-corrected chi connectivity index (χ3v) is 7.19. The van der Waals surface area contributed by atoms with Crippen LogP contribution in [0.15, 0.2) is 11.6 Å². The first-order valence-corrected chi connectivity index (χ1v) is 13.5. The standard InChI is InChI=1S/C26H33Cl3N2O6/c1-16(8-10-20(32)36-14-13-31-11-5-4-6-12-31)7-9-18-22(30-25(34)26(27,28)29)21-19(15-37-24(21)33)17(2)23(18)35-3/h7H,4-6,8-15H2,1-3H3,(H,30,34)/b16-7+. The Morgan fingerprint density at radius 2 is 1.86 bits per heavy atom. The SMILES string of the molecule is COc1c(C)c2c(c(NC(=O)C(Cl)(Cl)Cl)c1C/C=C(\C)CCC(=O)OCCN1CCCCC1)C(=O)OC2. The number of carbonyl (C=O) groups excluding carboxylic acids is 3. The molecule has 0 aliphatic carbocycles. The van der Waals surface area contributed by atoms with Crippen molar-refractivity contribution in [1.82, 2.24) is 4.90 Å². The van der Waals surface area contributed by atoms with E-state index in [4.69, 9.17) is 49.0 Å². The second kappa shape index (κ2) is 13.2. The number of methoxy groups -OCH3 is 1. The number of hydrogen-bond donors (Lipinski definition) is 1. The van der Waals surface area contributed by atoms with Crippen LogP contribution in [0.2, 0.25) is 0 Å². The van der Waals surface area contributed by atoms with E-state index in [1.165, 1.54) is 26.4 Å². The molecule has 1 saturated heterocycles. The van der Waals surface area contributed by atoms with Crippen molar-refractivity contribution < 1.29 is 28.6 Å². The maximum Gasteiger partial charge on any atom is 0.341 e. The summed E-state index contributed by atoms with van der Waals surface area (Å²) in [5, 5.41) is 2.58. The minimum absolute atomic E-state index is 0.0576. The van der Waals surface area contributed by atoms with E-state index in [1.807, 2.05) is 19.9 Å². The minimum Gasteiger partial charge on any atom is -0.496 e. The Balaban J connectivity index is 1.71. The van der Waals surface area contributed by atoms with Crippen LogP contribution in [0.1, 0.15) is 66.1 Å². The molecular formula is C26H33Cl3N2O6. The third kappa shape index (κ3) is 7.76. The van der Waals surface area contributed by atoms with Gasteiger partial charge in [-0.1, -0.05) is 52.9 Å². The molecule has 1 aromatic rings. The molecule has 0 unspecified atom stereocenters. The number of amides is 1.